The molecule has 0 aliphatic heterocycles. The fourth-order valence-electron chi connectivity index (χ4n) is 1.04. The van der Waals surface area contributed by atoms with E-state index in [-0.39, 0.29) is 5.69 Å². The fraction of sp³-hybridized carbons (Fsp3) is 0. The lowest BCUT2D eigenvalue weighted by Gasteiger charge is -1.97. The Morgan fingerprint density at radius 1 is 1.29 bits per heavy atom. The number of fused-ring (bicyclic) bond motifs is 1. The molecular weight excluding hydrogens is 338 g/mol. The number of benzene rings is 1. The molecule has 0 saturated heterocycles. The number of nitrogens with zero attached hydrogens (tertiary/aromatic N) is 3. The lowest BCUT2D eigenvalue weighted by atomic mass is 10.3. The first-order valence-corrected chi connectivity index (χ1v) is 5.67. The van der Waals surface area contributed by atoms with Crippen LogP contribution < -0.4 is 0 Å². The molecule has 0 atom stereocenters. The average Bonchev–Trinajstić information content (AvgIpc) is 2.51. The van der Waals surface area contributed by atoms with Gasteiger partial charge in [-0.1, -0.05) is 0 Å². The van der Waals surface area contributed by atoms with E-state index in [1.54, 1.807) is 6.07 Å². The zero-order valence-electron chi connectivity index (χ0n) is 6.40. The quantitative estimate of drug-likeness (QED) is 0.591. The van der Waals surface area contributed by atoms with Crippen molar-refractivity contribution in [3.05, 3.63) is 25.1 Å². The van der Waals surface area contributed by atoms with Crippen molar-refractivity contribution < 1.29 is 4.92 Å². The summed E-state index contributed by atoms with van der Waals surface area (Å²) in [5.74, 6) is 0. The molecule has 0 unspecified atom stereocenters. The van der Waals surface area contributed by atoms with Crippen LogP contribution in [0.15, 0.2) is 15.0 Å². The number of halogens is 2. The molecule has 2 rings (SSSR count). The topological polar surface area (TPSA) is 68.9 Å². The van der Waals surface area contributed by atoms with E-state index in [9.17, 15) is 10.1 Å². The minimum Gasteiger partial charge on any atom is -0.258 e. The summed E-state index contributed by atoms with van der Waals surface area (Å²) in [5, 5.41) is 10.7. The summed E-state index contributed by atoms with van der Waals surface area (Å²) in [6, 6.07) is 1.60. The highest BCUT2D eigenvalue weighted by Crippen LogP contribution is 2.36. The molecule has 0 amide bonds. The van der Waals surface area contributed by atoms with E-state index in [2.05, 4.69) is 40.6 Å². The van der Waals surface area contributed by atoms with Crippen molar-refractivity contribution in [2.24, 2.45) is 0 Å². The standard InChI is InChI=1S/C6HBr2N3O2S/c7-2-1-3(8)6(11(12)13)5-4(2)9-14-10-5/h1H. The molecule has 2 aromatic rings. The van der Waals surface area contributed by atoms with Crippen LogP contribution in [0, 0.1) is 10.1 Å². The third-order valence-electron chi connectivity index (χ3n) is 1.60. The Kier molecular flexibility index (Phi) is 2.50. The van der Waals surface area contributed by atoms with Gasteiger partial charge in [0.25, 0.3) is 0 Å². The first kappa shape index (κ1) is 9.94. The molecule has 5 nitrogen and oxygen atoms in total. The maximum atomic E-state index is 10.7. The Morgan fingerprint density at radius 2 is 1.93 bits per heavy atom. The third kappa shape index (κ3) is 1.43. The van der Waals surface area contributed by atoms with Crippen molar-refractivity contribution >= 4 is 60.3 Å². The van der Waals surface area contributed by atoms with Crippen molar-refractivity contribution in [1.29, 1.82) is 0 Å². The van der Waals surface area contributed by atoms with Gasteiger partial charge in [0.2, 0.25) is 0 Å². The Labute approximate surface area is 98.9 Å². The number of aromatic nitrogens is 2. The maximum Gasteiger partial charge on any atom is 0.312 e. The number of hydrogen-bond donors (Lipinski definition) is 0. The predicted octanol–water partition coefficient (Wildman–Crippen LogP) is 3.12. The average molecular weight is 339 g/mol. The lowest BCUT2D eigenvalue weighted by Crippen LogP contribution is -1.91. The van der Waals surface area contributed by atoms with Gasteiger partial charge in [0.05, 0.1) is 21.1 Å². The summed E-state index contributed by atoms with van der Waals surface area (Å²) < 4.78 is 8.94. The summed E-state index contributed by atoms with van der Waals surface area (Å²) in [4.78, 5) is 10.3. The van der Waals surface area contributed by atoms with Gasteiger partial charge in [-0.25, -0.2) is 0 Å². The van der Waals surface area contributed by atoms with E-state index < -0.39 is 4.92 Å². The zero-order valence-corrected chi connectivity index (χ0v) is 10.4. The van der Waals surface area contributed by atoms with Crippen LogP contribution in [0.4, 0.5) is 5.69 Å². The molecule has 0 aliphatic carbocycles. The molecule has 8 heteroatoms. The smallest absolute Gasteiger partial charge is 0.258 e. The van der Waals surface area contributed by atoms with Crippen LogP contribution >= 0.6 is 43.6 Å². The maximum absolute atomic E-state index is 10.7. The predicted molar refractivity (Wildman–Crippen MR) is 59.5 cm³/mol. The van der Waals surface area contributed by atoms with Crippen molar-refractivity contribution in [3.8, 4) is 0 Å². The number of rotatable bonds is 1. The fourth-order valence-corrected chi connectivity index (χ4v) is 3.09. The van der Waals surface area contributed by atoms with Crippen molar-refractivity contribution in [2.75, 3.05) is 0 Å². The summed E-state index contributed by atoms with van der Waals surface area (Å²) in [7, 11) is 0. The minimum absolute atomic E-state index is 0.0445. The monoisotopic (exact) mass is 337 g/mol. The summed E-state index contributed by atoms with van der Waals surface area (Å²) in [6.45, 7) is 0. The molecule has 1 aromatic heterocycles. The molecule has 14 heavy (non-hydrogen) atoms. The summed E-state index contributed by atoms with van der Waals surface area (Å²) in [5.41, 5.74) is 0.781. The van der Waals surface area contributed by atoms with Gasteiger partial charge in [0, 0.05) is 4.47 Å². The highest BCUT2D eigenvalue weighted by molar-refractivity contribution is 9.11. The SMILES string of the molecule is O=[N+]([O-])c1c(Br)cc(Br)c2nsnc12. The van der Waals surface area contributed by atoms with E-state index in [1.807, 2.05) is 0 Å². The Bertz CT molecular complexity index is 527. The minimum atomic E-state index is -0.472. The van der Waals surface area contributed by atoms with Crippen LogP contribution in [0.2, 0.25) is 0 Å². The molecule has 0 saturated carbocycles. The number of nitro groups is 1. The molecule has 0 N–H and O–H groups in total. The largest absolute Gasteiger partial charge is 0.312 e. The van der Waals surface area contributed by atoms with Gasteiger partial charge in [-0.3, -0.25) is 10.1 Å². The van der Waals surface area contributed by atoms with E-state index in [0.29, 0.717) is 20.0 Å². The normalized spacial score (nSPS) is 10.7. The van der Waals surface area contributed by atoms with Crippen LogP contribution in [-0.4, -0.2) is 13.7 Å². The van der Waals surface area contributed by atoms with Gasteiger partial charge < -0.3 is 0 Å². The Balaban J connectivity index is 2.93. The van der Waals surface area contributed by atoms with Crippen molar-refractivity contribution in [3.63, 3.8) is 0 Å². The Hall–Kier alpha value is -0.600. The van der Waals surface area contributed by atoms with Gasteiger partial charge in [-0.15, -0.1) is 0 Å². The van der Waals surface area contributed by atoms with Crippen LogP contribution in [0.5, 0.6) is 0 Å². The lowest BCUT2D eigenvalue weighted by molar-refractivity contribution is -0.384. The molecule has 0 bridgehead atoms. The first-order valence-electron chi connectivity index (χ1n) is 3.36. The molecule has 0 aliphatic rings. The second-order valence-corrected chi connectivity index (χ2v) is 4.64. The van der Waals surface area contributed by atoms with E-state index >= 15 is 0 Å². The summed E-state index contributed by atoms with van der Waals surface area (Å²) >= 11 is 7.33. The number of hydrogen-bond acceptors (Lipinski definition) is 5. The molecular formula is C6HBr2N3O2S. The molecule has 0 radical (unpaired) electrons. The highest BCUT2D eigenvalue weighted by Gasteiger charge is 2.22. The number of nitro benzene ring substituents is 1. The van der Waals surface area contributed by atoms with Crippen LogP contribution in [0.1, 0.15) is 0 Å². The molecule has 1 heterocycles. The van der Waals surface area contributed by atoms with Crippen molar-refractivity contribution in [1.82, 2.24) is 8.75 Å². The first-order chi connectivity index (χ1) is 6.61. The molecule has 0 spiro atoms. The van der Waals surface area contributed by atoms with Gasteiger partial charge in [0.1, 0.15) is 5.52 Å². The van der Waals surface area contributed by atoms with Crippen LogP contribution in [0.3, 0.4) is 0 Å². The van der Waals surface area contributed by atoms with Gasteiger partial charge >= 0.3 is 5.69 Å². The summed E-state index contributed by atoms with van der Waals surface area (Å²) in [6.07, 6.45) is 0. The highest BCUT2D eigenvalue weighted by atomic mass is 79.9. The molecule has 0 fully saturated rings. The van der Waals surface area contributed by atoms with Gasteiger partial charge in [-0.05, 0) is 37.9 Å². The van der Waals surface area contributed by atoms with Crippen LogP contribution in [-0.2, 0) is 0 Å². The second-order valence-electron chi connectivity index (χ2n) is 2.41. The van der Waals surface area contributed by atoms with E-state index in [0.717, 1.165) is 11.7 Å². The zero-order chi connectivity index (χ0) is 10.3. The van der Waals surface area contributed by atoms with Gasteiger partial charge in [-0.2, -0.15) is 8.75 Å². The molecule has 1 aromatic carbocycles. The van der Waals surface area contributed by atoms with E-state index in [1.165, 1.54) is 0 Å². The van der Waals surface area contributed by atoms with Gasteiger partial charge in [0.15, 0.2) is 5.52 Å². The third-order valence-corrected chi connectivity index (χ3v) is 3.34. The Morgan fingerprint density at radius 3 is 2.57 bits per heavy atom. The van der Waals surface area contributed by atoms with Crippen LogP contribution in [0.25, 0.3) is 11.0 Å². The van der Waals surface area contributed by atoms with Crippen molar-refractivity contribution in [2.45, 2.75) is 0 Å². The molecule has 72 valence electrons. The van der Waals surface area contributed by atoms with E-state index in [4.69, 9.17) is 0 Å². The second kappa shape index (κ2) is 3.52.